The van der Waals surface area contributed by atoms with Crippen LogP contribution in [0.15, 0.2) is 217 Å². The number of aliphatic hydroxyl groups is 1. The molecular weight excluding hydrogens is 1020 g/mol. The van der Waals surface area contributed by atoms with Gasteiger partial charge in [-0.3, -0.25) is 9.59 Å². The van der Waals surface area contributed by atoms with Crippen molar-refractivity contribution in [2.75, 3.05) is 13.2 Å². The van der Waals surface area contributed by atoms with Crippen LogP contribution in [0.25, 0.3) is 0 Å². The van der Waals surface area contributed by atoms with E-state index in [0.717, 1.165) is 32.7 Å². The van der Waals surface area contributed by atoms with Crippen molar-refractivity contribution in [3.05, 3.63) is 246 Å². The summed E-state index contributed by atoms with van der Waals surface area (Å²) >= 11 is 1.36. The van der Waals surface area contributed by atoms with Crippen LogP contribution in [-0.4, -0.2) is 96.8 Å². The van der Waals surface area contributed by atoms with Crippen LogP contribution < -0.4 is 0 Å². The van der Waals surface area contributed by atoms with E-state index in [1.807, 2.05) is 182 Å². The molecule has 2 heterocycles. The molecule has 0 bridgehead atoms. The Morgan fingerprint density at radius 1 is 0.405 bits per heavy atom. The SMILES string of the molecule is O=C(CCC(=O)O[C@H]1[C@H](O)[C@@H](COCc2ccccc2)O[C@H](OCc2ccccc2)[C@@H]1OC(=O)c1ccccc1)O[C@@H]1[C@H](OCc2ccccc2)[C@@H](OCc2ccccc2)[C@H](COCc2ccccc2)O[C@H]1Sc1ccccc1. The topological polar surface area (TPSA) is 164 Å². The highest BCUT2D eigenvalue weighted by molar-refractivity contribution is 7.99. The van der Waals surface area contributed by atoms with Gasteiger partial charge in [0, 0.05) is 4.90 Å². The highest BCUT2D eigenvalue weighted by Gasteiger charge is 2.52. The van der Waals surface area contributed by atoms with Crippen molar-refractivity contribution in [3.63, 3.8) is 0 Å². The van der Waals surface area contributed by atoms with E-state index >= 15 is 0 Å². The van der Waals surface area contributed by atoms with Gasteiger partial charge in [0.2, 0.25) is 0 Å². The third-order valence-electron chi connectivity index (χ3n) is 13.1. The second kappa shape index (κ2) is 29.8. The minimum atomic E-state index is -1.58. The first kappa shape index (κ1) is 56.7. The molecule has 14 nitrogen and oxygen atoms in total. The lowest BCUT2D eigenvalue weighted by molar-refractivity contribution is -0.307. The molecule has 2 aliphatic rings. The normalized spacial score (nSPS) is 22.8. The number of carbonyl (C=O) groups excluding carboxylic acids is 3. The van der Waals surface area contributed by atoms with Gasteiger partial charge in [-0.05, 0) is 52.1 Å². The van der Waals surface area contributed by atoms with Crippen LogP contribution in [0.3, 0.4) is 0 Å². The van der Waals surface area contributed by atoms with Gasteiger partial charge < -0.3 is 52.5 Å². The average molecular weight is 1090 g/mol. The summed E-state index contributed by atoms with van der Waals surface area (Å²) < 4.78 is 64.1. The zero-order chi connectivity index (χ0) is 54.4. The third-order valence-corrected chi connectivity index (χ3v) is 14.3. The van der Waals surface area contributed by atoms with Crippen LogP contribution in [0, 0.1) is 0 Å². The predicted molar refractivity (Wildman–Crippen MR) is 294 cm³/mol. The maximum Gasteiger partial charge on any atom is 0.338 e. The summed E-state index contributed by atoms with van der Waals surface area (Å²) in [5.41, 5.74) is 3.82. The molecule has 0 saturated carbocycles. The second-order valence-corrected chi connectivity index (χ2v) is 20.1. The fourth-order valence-electron chi connectivity index (χ4n) is 9.09. The molecule has 7 aromatic carbocycles. The van der Waals surface area contributed by atoms with Gasteiger partial charge in [0.15, 0.2) is 24.6 Å². The van der Waals surface area contributed by atoms with Gasteiger partial charge in [0.05, 0.1) is 64.7 Å². The lowest BCUT2D eigenvalue weighted by Crippen LogP contribution is -2.62. The number of hydrogen-bond acceptors (Lipinski definition) is 15. The average Bonchev–Trinajstić information content (AvgIpc) is 3.52. The molecule has 0 unspecified atom stereocenters. The quantitative estimate of drug-likeness (QED) is 0.0402. The molecule has 10 atom stereocenters. The van der Waals surface area contributed by atoms with Crippen molar-refractivity contribution in [3.8, 4) is 0 Å². The molecule has 2 fully saturated rings. The minimum absolute atomic E-state index is 0.0230. The highest BCUT2D eigenvalue weighted by Crippen LogP contribution is 2.39. The van der Waals surface area contributed by atoms with Crippen molar-refractivity contribution in [2.24, 2.45) is 0 Å². The van der Waals surface area contributed by atoms with Gasteiger partial charge >= 0.3 is 17.9 Å². The minimum Gasteiger partial charge on any atom is -0.456 e. The number of esters is 3. The summed E-state index contributed by atoms with van der Waals surface area (Å²) in [6, 6.07) is 65.8. The monoisotopic (exact) mass is 1090 g/mol. The smallest absolute Gasteiger partial charge is 0.338 e. The Morgan fingerprint density at radius 3 is 1.30 bits per heavy atom. The van der Waals surface area contributed by atoms with E-state index in [1.54, 1.807) is 30.3 Å². The fourth-order valence-corrected chi connectivity index (χ4v) is 10.2. The molecule has 2 aliphatic heterocycles. The molecule has 79 heavy (non-hydrogen) atoms. The summed E-state index contributed by atoms with van der Waals surface area (Å²) in [6.45, 7) is 0.851. The van der Waals surface area contributed by atoms with Gasteiger partial charge in [0.25, 0.3) is 0 Å². The molecular formula is C64H64O14S. The Morgan fingerprint density at radius 2 is 0.810 bits per heavy atom. The molecule has 0 aliphatic carbocycles. The van der Waals surface area contributed by atoms with Crippen LogP contribution in [0.2, 0.25) is 0 Å². The molecule has 0 aromatic heterocycles. The van der Waals surface area contributed by atoms with Crippen molar-refractivity contribution >= 4 is 29.7 Å². The maximum absolute atomic E-state index is 14.4. The molecule has 15 heteroatoms. The van der Waals surface area contributed by atoms with Crippen molar-refractivity contribution in [1.82, 2.24) is 0 Å². The molecule has 410 valence electrons. The highest BCUT2D eigenvalue weighted by atomic mass is 32.2. The van der Waals surface area contributed by atoms with Crippen molar-refractivity contribution in [2.45, 2.75) is 111 Å². The van der Waals surface area contributed by atoms with E-state index in [9.17, 15) is 19.5 Å². The first-order chi connectivity index (χ1) is 38.8. The summed E-state index contributed by atoms with van der Waals surface area (Å²) in [5.74, 6) is -2.41. The number of aliphatic hydroxyl groups excluding tert-OH is 1. The Kier molecular flexibility index (Phi) is 21.4. The van der Waals surface area contributed by atoms with Gasteiger partial charge in [0.1, 0.15) is 36.0 Å². The van der Waals surface area contributed by atoms with E-state index in [2.05, 4.69) is 0 Å². The number of hydrogen-bond donors (Lipinski definition) is 1. The summed E-state index contributed by atoms with van der Waals surface area (Å²) in [6.07, 6.45) is -11.5. The third kappa shape index (κ3) is 17.0. The molecule has 0 spiro atoms. The van der Waals surface area contributed by atoms with Gasteiger partial charge in [-0.15, -0.1) is 0 Å². The zero-order valence-electron chi connectivity index (χ0n) is 43.5. The predicted octanol–water partition coefficient (Wildman–Crippen LogP) is 10.2. The molecule has 2 saturated heterocycles. The maximum atomic E-state index is 14.4. The zero-order valence-corrected chi connectivity index (χ0v) is 44.3. The molecule has 7 aromatic rings. The van der Waals surface area contributed by atoms with E-state index < -0.39 is 91.3 Å². The van der Waals surface area contributed by atoms with Crippen molar-refractivity contribution in [1.29, 1.82) is 0 Å². The number of benzene rings is 7. The van der Waals surface area contributed by atoms with Crippen LogP contribution in [0.4, 0.5) is 0 Å². The van der Waals surface area contributed by atoms with Gasteiger partial charge in [-0.1, -0.05) is 200 Å². The molecule has 0 radical (unpaired) electrons. The molecule has 0 amide bonds. The molecule has 1 N–H and O–H groups in total. The van der Waals surface area contributed by atoms with E-state index in [1.165, 1.54) is 11.8 Å². The number of thioether (sulfide) groups is 1. The Labute approximate surface area is 464 Å². The van der Waals surface area contributed by atoms with E-state index in [-0.39, 0.29) is 45.2 Å². The Bertz CT molecular complexity index is 2890. The summed E-state index contributed by atoms with van der Waals surface area (Å²) in [4.78, 5) is 43.2. The van der Waals surface area contributed by atoms with Crippen LogP contribution in [-0.2, 0) is 90.0 Å². The van der Waals surface area contributed by atoms with E-state index in [4.69, 9.17) is 47.4 Å². The first-order valence-electron chi connectivity index (χ1n) is 26.4. The van der Waals surface area contributed by atoms with E-state index in [0.29, 0.717) is 6.61 Å². The summed E-state index contributed by atoms with van der Waals surface area (Å²) in [5, 5.41) is 12.0. The summed E-state index contributed by atoms with van der Waals surface area (Å²) in [7, 11) is 0. The van der Waals surface area contributed by atoms with Crippen LogP contribution in [0.1, 0.15) is 51.0 Å². The number of ether oxygens (including phenoxy) is 10. The second-order valence-electron chi connectivity index (χ2n) is 19.0. The van der Waals surface area contributed by atoms with Crippen LogP contribution >= 0.6 is 11.8 Å². The van der Waals surface area contributed by atoms with Gasteiger partial charge in [-0.2, -0.15) is 0 Å². The fraction of sp³-hybridized carbons (Fsp3) is 0.297. The lowest BCUT2D eigenvalue weighted by atomic mass is 9.98. The number of rotatable bonds is 26. The number of carbonyl (C=O) groups is 3. The van der Waals surface area contributed by atoms with Gasteiger partial charge in [-0.25, -0.2) is 4.79 Å². The largest absolute Gasteiger partial charge is 0.456 e. The van der Waals surface area contributed by atoms with Crippen LogP contribution in [0.5, 0.6) is 0 Å². The standard InChI is InChI=1S/C64H64O14S/c65-54(76-58-56(67)52(43-69-38-45-22-8-1-9-23-45)74-63(73-42-49-30-16-5-17-31-49)60(58)78-62(68)50-32-18-6-19-33-50)36-37-55(66)77-61-59(72-41-48-28-14-4-15-29-48)57(71-40-47-26-12-3-13-27-47)53(44-70-39-46-24-10-2-11-25-46)75-64(61)79-51-34-20-7-21-35-51/h1-35,52-53,56-61,63-64,67H,36-44H2/t52-,53+,56-,57+,58+,59-,60-,61-,63+,64+/m1/s1. The molecule has 9 rings (SSSR count). The Balaban J connectivity index is 0.960. The van der Waals surface area contributed by atoms with Crippen molar-refractivity contribution < 1.29 is 66.9 Å². The lowest BCUT2D eigenvalue weighted by Gasteiger charge is -2.45. The first-order valence-corrected chi connectivity index (χ1v) is 27.3. The Hall–Kier alpha value is -7.02.